The van der Waals surface area contributed by atoms with Crippen LogP contribution in [-0.2, 0) is 55.7 Å². The molecule has 0 spiro atoms. The number of amides is 6. The van der Waals surface area contributed by atoms with Gasteiger partial charge in [-0.2, -0.15) is 0 Å². The predicted octanol–water partition coefficient (Wildman–Crippen LogP) is 5.59. The summed E-state index contributed by atoms with van der Waals surface area (Å²) < 4.78 is 28.8. The minimum Gasteiger partial charge on any atom is -0.445 e. The van der Waals surface area contributed by atoms with Crippen molar-refractivity contribution in [2.45, 2.75) is 96.7 Å². The van der Waals surface area contributed by atoms with Crippen LogP contribution in [0.1, 0.15) is 93.7 Å². The third kappa shape index (κ3) is 15.0. The van der Waals surface area contributed by atoms with Gasteiger partial charge in [-0.1, -0.05) is 68.2 Å². The van der Waals surface area contributed by atoms with Gasteiger partial charge in [0.2, 0.25) is 29.5 Å². The van der Waals surface area contributed by atoms with E-state index in [1.54, 1.807) is 54.6 Å². The van der Waals surface area contributed by atoms with Crippen molar-refractivity contribution in [1.82, 2.24) is 35.1 Å². The van der Waals surface area contributed by atoms with E-state index in [-0.39, 0.29) is 81.1 Å². The molecule has 5 N–H and O–H groups in total. The van der Waals surface area contributed by atoms with Gasteiger partial charge in [0.1, 0.15) is 25.2 Å². The van der Waals surface area contributed by atoms with Crippen LogP contribution in [0.4, 0.5) is 22.0 Å². The summed E-state index contributed by atoms with van der Waals surface area (Å²) in [6, 6.07) is 21.1. The Labute approximate surface area is 422 Å². The van der Waals surface area contributed by atoms with E-state index in [2.05, 4.69) is 48.1 Å². The van der Waals surface area contributed by atoms with E-state index < -0.39 is 38.4 Å². The molecular weight excluding hydrogens is 960 g/mol. The molecule has 384 valence electrons. The zero-order valence-corrected chi connectivity index (χ0v) is 41.8. The summed E-state index contributed by atoms with van der Waals surface area (Å²) in [7, 11) is -1.50. The lowest BCUT2D eigenvalue weighted by molar-refractivity contribution is -0.130. The van der Waals surface area contributed by atoms with Crippen LogP contribution in [0.15, 0.2) is 85.5 Å². The molecule has 2 aliphatic rings. The number of anilines is 3. The van der Waals surface area contributed by atoms with Crippen LogP contribution in [0, 0.1) is 17.8 Å². The van der Waals surface area contributed by atoms with Gasteiger partial charge < -0.3 is 50.0 Å². The molecule has 2 aromatic heterocycles. The van der Waals surface area contributed by atoms with Crippen molar-refractivity contribution in [2.75, 3.05) is 42.3 Å². The Bertz CT molecular complexity index is 2880. The van der Waals surface area contributed by atoms with Crippen LogP contribution in [0.3, 0.4) is 0 Å². The molecule has 4 heterocycles. The van der Waals surface area contributed by atoms with Crippen LogP contribution < -0.4 is 26.2 Å². The number of fused-ring (bicyclic) bond motifs is 3. The van der Waals surface area contributed by atoms with E-state index in [9.17, 15) is 33.3 Å². The fourth-order valence-corrected chi connectivity index (χ4v) is 8.53. The van der Waals surface area contributed by atoms with Gasteiger partial charge in [-0.05, 0) is 79.5 Å². The molecule has 1 saturated heterocycles. The van der Waals surface area contributed by atoms with Crippen molar-refractivity contribution in [3.8, 4) is 11.8 Å². The first-order chi connectivity index (χ1) is 35.2. The Hall–Kier alpha value is -7.50. The predicted molar refractivity (Wildman–Crippen MR) is 270 cm³/mol. The molecule has 7 rings (SSSR count). The smallest absolute Gasteiger partial charge is 0.409 e. The lowest BCUT2D eigenvalue weighted by Gasteiger charge is -2.26. The summed E-state index contributed by atoms with van der Waals surface area (Å²) in [6.07, 6.45) is 4.34. The number of unbranched alkanes of at least 4 members (excludes halogenated alkanes) is 1. The molecule has 5 aromatic rings. The largest absolute Gasteiger partial charge is 0.445 e. The third-order valence-corrected chi connectivity index (χ3v) is 12.5. The second-order valence-electron chi connectivity index (χ2n) is 17.9. The maximum Gasteiger partial charge on any atom is 0.409 e. The first-order valence-electron chi connectivity index (χ1n) is 24.0. The maximum atomic E-state index is 13.6. The Balaban J connectivity index is 0.768. The number of imidazole rings is 1. The minimum absolute atomic E-state index is 0.00311. The van der Waals surface area contributed by atoms with Gasteiger partial charge in [0, 0.05) is 49.7 Å². The van der Waals surface area contributed by atoms with E-state index in [1.807, 2.05) is 48.5 Å². The summed E-state index contributed by atoms with van der Waals surface area (Å²) in [5.41, 5.74) is 5.26. The number of aromatic nitrogens is 4. The standard InChI is InChI=1S/C51H59N10O11P/c1-33(2)46(57-41(62)15-8-9-17-44(65)60-28-37-13-5-4-11-35(37)20-21-36-12-6-7-14-40(36)60)50(66)52-27-43(64)56-38-22-18-34(19-23-38)29-70-51(67)59(3)26-10-16-42(63)58-48-47-49(54-31-53-48)61(32-55-47)45-25-24-39(72-45)30-71-73(68)69/h4-7,11-14,18-19,22-23,31-33,39,45-46,73H,8-10,15-17,24-30H2,1-3H3,(H,52,66)(H,56,64)(H,57,62)(H,68,69)(H,53,54,58,63)/t39-,45+,46?/m0/s1. The van der Waals surface area contributed by atoms with Crippen molar-refractivity contribution >= 4 is 72.2 Å². The number of rotatable bonds is 22. The van der Waals surface area contributed by atoms with E-state index in [0.717, 1.165) is 22.4 Å². The van der Waals surface area contributed by atoms with Gasteiger partial charge >= 0.3 is 14.3 Å². The second kappa shape index (κ2) is 25.7. The van der Waals surface area contributed by atoms with Crippen molar-refractivity contribution in [3.63, 3.8) is 0 Å². The fraction of sp³-hybridized carbons (Fsp3) is 0.392. The third-order valence-electron chi connectivity index (χ3n) is 12.1. The quantitative estimate of drug-likeness (QED) is 0.0322. The number of nitrogens with one attached hydrogen (secondary N) is 4. The zero-order valence-electron chi connectivity index (χ0n) is 40.8. The van der Waals surface area contributed by atoms with E-state index in [1.165, 1.54) is 17.6 Å². The highest BCUT2D eigenvalue weighted by Gasteiger charge is 2.30. The maximum absolute atomic E-state index is 13.6. The summed E-state index contributed by atoms with van der Waals surface area (Å²) in [5.74, 6) is 4.62. The Morgan fingerprint density at radius 1 is 0.863 bits per heavy atom. The van der Waals surface area contributed by atoms with Crippen LogP contribution in [0.25, 0.3) is 11.2 Å². The molecule has 0 aliphatic carbocycles. The number of ether oxygens (including phenoxy) is 2. The molecule has 0 radical (unpaired) electrons. The van der Waals surface area contributed by atoms with Crippen LogP contribution >= 0.6 is 8.25 Å². The van der Waals surface area contributed by atoms with E-state index >= 15 is 0 Å². The molecule has 73 heavy (non-hydrogen) atoms. The zero-order chi connectivity index (χ0) is 51.9. The highest BCUT2D eigenvalue weighted by molar-refractivity contribution is 7.32. The SMILES string of the molecule is CC(C)C(NC(=O)CCCCC(=O)N1Cc2ccccc2C#Cc2ccccc21)C(=O)NCC(=O)Nc1ccc(COC(=O)N(C)CCCC(=O)Nc2ncnc3c2ncn3[C@H]2CC[C@@H](CO[PH](=O)O)O2)cc1. The van der Waals surface area contributed by atoms with Gasteiger partial charge in [0.15, 0.2) is 17.0 Å². The van der Waals surface area contributed by atoms with Gasteiger partial charge in [0.05, 0.1) is 37.8 Å². The average molecular weight is 1020 g/mol. The van der Waals surface area contributed by atoms with Crippen LogP contribution in [-0.4, -0.2) is 104 Å². The van der Waals surface area contributed by atoms with E-state index in [0.29, 0.717) is 61.1 Å². The molecule has 2 aliphatic heterocycles. The topological polar surface area (TPSA) is 266 Å². The van der Waals surface area contributed by atoms with Crippen LogP contribution in [0.5, 0.6) is 0 Å². The Morgan fingerprint density at radius 2 is 1.59 bits per heavy atom. The lowest BCUT2D eigenvalue weighted by Crippen LogP contribution is -2.51. The number of benzene rings is 3. The summed E-state index contributed by atoms with van der Waals surface area (Å²) in [6.45, 7) is 3.81. The number of hydrogen-bond donors (Lipinski definition) is 5. The summed E-state index contributed by atoms with van der Waals surface area (Å²) in [5, 5.41) is 10.9. The molecule has 6 amide bonds. The van der Waals surface area contributed by atoms with Crippen molar-refractivity contribution in [2.24, 2.45) is 5.92 Å². The molecular formula is C51H59N10O11P. The average Bonchev–Trinajstić information content (AvgIpc) is 4.04. The van der Waals surface area contributed by atoms with Gasteiger partial charge in [-0.3, -0.25) is 33.1 Å². The molecule has 3 aromatic carbocycles. The number of para-hydroxylation sites is 1. The first-order valence-corrected chi connectivity index (χ1v) is 25.3. The molecule has 4 atom stereocenters. The Kier molecular flexibility index (Phi) is 18.8. The summed E-state index contributed by atoms with van der Waals surface area (Å²) >= 11 is 0. The minimum atomic E-state index is -3.06. The molecule has 21 nitrogen and oxygen atoms in total. The molecule has 1 fully saturated rings. The molecule has 2 unspecified atom stereocenters. The van der Waals surface area contributed by atoms with Gasteiger partial charge in [0.25, 0.3) is 0 Å². The van der Waals surface area contributed by atoms with Crippen molar-refractivity contribution in [3.05, 3.63) is 108 Å². The second-order valence-corrected chi connectivity index (χ2v) is 18.7. The first kappa shape index (κ1) is 53.3. The highest BCUT2D eigenvalue weighted by atomic mass is 31.1. The summed E-state index contributed by atoms with van der Waals surface area (Å²) in [4.78, 5) is 103. The molecule has 0 saturated carbocycles. The van der Waals surface area contributed by atoms with Crippen molar-refractivity contribution in [1.29, 1.82) is 0 Å². The highest BCUT2D eigenvalue weighted by Crippen LogP contribution is 2.33. The lowest BCUT2D eigenvalue weighted by atomic mass is 10.0. The molecule has 0 bridgehead atoms. The molecule has 22 heteroatoms. The number of hydrogen-bond acceptors (Lipinski definition) is 13. The monoisotopic (exact) mass is 1020 g/mol. The fourth-order valence-electron chi connectivity index (χ4n) is 8.20. The van der Waals surface area contributed by atoms with E-state index in [4.69, 9.17) is 18.9 Å². The number of carbonyl (C=O) groups excluding carboxylic acids is 6. The van der Waals surface area contributed by atoms with Crippen molar-refractivity contribution < 1.29 is 52.2 Å². The van der Waals surface area contributed by atoms with Gasteiger partial charge in [-0.15, -0.1) is 0 Å². The van der Waals surface area contributed by atoms with Gasteiger partial charge in [-0.25, -0.2) is 19.7 Å². The Morgan fingerprint density at radius 3 is 2.37 bits per heavy atom. The normalized spacial score (nSPS) is 15.6. The van der Waals surface area contributed by atoms with Crippen LogP contribution in [0.2, 0.25) is 0 Å². The number of carbonyl (C=O) groups is 6. The number of nitrogens with zero attached hydrogens (tertiary/aromatic N) is 6.